The van der Waals surface area contributed by atoms with Crippen LogP contribution in [0.3, 0.4) is 0 Å². The summed E-state index contributed by atoms with van der Waals surface area (Å²) in [7, 11) is 1.40. The van der Waals surface area contributed by atoms with E-state index in [1.54, 1.807) is 0 Å². The molecule has 0 heterocycles. The van der Waals surface area contributed by atoms with Crippen molar-refractivity contribution in [3.63, 3.8) is 0 Å². The Kier molecular flexibility index (Phi) is 5.69. The largest absolute Gasteiger partial charge is 0.494 e. The number of carbonyl (C=O) groups excluding carboxylic acids is 1. The van der Waals surface area contributed by atoms with Crippen LogP contribution >= 0.6 is 0 Å². The zero-order chi connectivity index (χ0) is 13.5. The van der Waals surface area contributed by atoms with Crippen molar-refractivity contribution in [1.29, 1.82) is 0 Å². The third kappa shape index (κ3) is 4.78. The molecule has 0 saturated carbocycles. The Balaban J connectivity index is 2.49. The monoisotopic (exact) mass is 250 g/mol. The highest BCUT2D eigenvalue weighted by Crippen LogP contribution is 2.22. The number of hydrogen-bond acceptors (Lipinski definition) is 3. The van der Waals surface area contributed by atoms with Crippen LogP contribution < -0.4 is 4.74 Å². The third-order valence-electron chi connectivity index (χ3n) is 2.76. The second-order valence-electron chi connectivity index (χ2n) is 4.76. The average molecular weight is 250 g/mol. The molecule has 0 aliphatic heterocycles. The minimum atomic E-state index is -0.189. The highest BCUT2D eigenvalue weighted by atomic mass is 16.5. The maximum absolute atomic E-state index is 10.9. The van der Waals surface area contributed by atoms with E-state index in [0.29, 0.717) is 25.4 Å². The Bertz CT molecular complexity index is 397. The zero-order valence-electron chi connectivity index (χ0n) is 11.7. The first kappa shape index (κ1) is 14.6. The van der Waals surface area contributed by atoms with Crippen LogP contribution in [0.5, 0.6) is 5.75 Å². The molecule has 0 aliphatic carbocycles. The number of rotatable bonds is 6. The average Bonchev–Trinajstić information content (AvgIpc) is 2.33. The van der Waals surface area contributed by atoms with Gasteiger partial charge in [-0.2, -0.15) is 0 Å². The van der Waals surface area contributed by atoms with Crippen molar-refractivity contribution in [1.82, 2.24) is 0 Å². The summed E-state index contributed by atoms with van der Waals surface area (Å²) >= 11 is 0. The lowest BCUT2D eigenvalue weighted by Gasteiger charge is -2.11. The van der Waals surface area contributed by atoms with Crippen molar-refractivity contribution >= 4 is 5.97 Å². The molecular weight excluding hydrogens is 228 g/mol. The highest BCUT2D eigenvalue weighted by Gasteiger charge is 2.04. The van der Waals surface area contributed by atoms with Crippen LogP contribution in [0.4, 0.5) is 0 Å². The standard InChI is InChI=1S/C15H22O3/c1-11(2)13-8-12(3)9-14(10-13)18-7-5-6-15(16)17-4/h8-11H,5-7H2,1-4H3. The minimum absolute atomic E-state index is 0.189. The lowest BCUT2D eigenvalue weighted by Crippen LogP contribution is -2.05. The second kappa shape index (κ2) is 7.04. The summed E-state index contributed by atoms with van der Waals surface area (Å²) in [4.78, 5) is 10.9. The summed E-state index contributed by atoms with van der Waals surface area (Å²) in [5, 5.41) is 0. The molecule has 0 atom stereocenters. The first-order valence-electron chi connectivity index (χ1n) is 6.34. The van der Waals surface area contributed by atoms with Gasteiger partial charge in [-0.1, -0.05) is 19.9 Å². The summed E-state index contributed by atoms with van der Waals surface area (Å²) in [5.41, 5.74) is 2.47. The molecule has 1 aromatic rings. The molecule has 0 spiro atoms. The first-order chi connectivity index (χ1) is 8.52. The van der Waals surface area contributed by atoms with E-state index in [1.807, 2.05) is 6.07 Å². The van der Waals surface area contributed by atoms with Gasteiger partial charge in [0, 0.05) is 6.42 Å². The molecule has 0 fully saturated rings. The Labute approximate surface area is 109 Å². The summed E-state index contributed by atoms with van der Waals surface area (Å²) in [6.07, 6.45) is 1.08. The van der Waals surface area contributed by atoms with Gasteiger partial charge in [-0.25, -0.2) is 0 Å². The first-order valence-corrected chi connectivity index (χ1v) is 6.34. The number of benzene rings is 1. The van der Waals surface area contributed by atoms with Crippen LogP contribution in [0, 0.1) is 6.92 Å². The van der Waals surface area contributed by atoms with Crippen molar-refractivity contribution in [3.05, 3.63) is 29.3 Å². The fraction of sp³-hybridized carbons (Fsp3) is 0.533. The van der Waals surface area contributed by atoms with E-state index in [4.69, 9.17) is 4.74 Å². The normalized spacial score (nSPS) is 10.5. The van der Waals surface area contributed by atoms with E-state index < -0.39 is 0 Å². The fourth-order valence-corrected chi connectivity index (χ4v) is 1.70. The minimum Gasteiger partial charge on any atom is -0.494 e. The van der Waals surface area contributed by atoms with Crippen molar-refractivity contribution in [2.45, 2.75) is 39.5 Å². The molecule has 0 N–H and O–H groups in total. The van der Waals surface area contributed by atoms with Gasteiger partial charge >= 0.3 is 5.97 Å². The fourth-order valence-electron chi connectivity index (χ4n) is 1.70. The summed E-state index contributed by atoms with van der Waals surface area (Å²) < 4.78 is 10.2. The zero-order valence-corrected chi connectivity index (χ0v) is 11.7. The molecule has 0 aliphatic rings. The molecule has 1 aromatic carbocycles. The predicted molar refractivity (Wildman–Crippen MR) is 72.0 cm³/mol. The molecule has 1 rings (SSSR count). The van der Waals surface area contributed by atoms with Crippen LogP contribution in [0.2, 0.25) is 0 Å². The number of esters is 1. The smallest absolute Gasteiger partial charge is 0.305 e. The van der Waals surface area contributed by atoms with Crippen LogP contribution in [0.25, 0.3) is 0 Å². The predicted octanol–water partition coefficient (Wildman–Crippen LogP) is 3.45. The van der Waals surface area contributed by atoms with Crippen molar-refractivity contribution in [3.8, 4) is 5.75 Å². The van der Waals surface area contributed by atoms with Gasteiger partial charge < -0.3 is 9.47 Å². The number of carbonyl (C=O) groups is 1. The van der Waals surface area contributed by atoms with E-state index in [2.05, 4.69) is 37.6 Å². The summed E-state index contributed by atoms with van der Waals surface area (Å²) in [5.74, 6) is 1.18. The van der Waals surface area contributed by atoms with Crippen molar-refractivity contribution in [2.24, 2.45) is 0 Å². The molecule has 0 radical (unpaired) electrons. The van der Waals surface area contributed by atoms with Crippen LogP contribution in [-0.4, -0.2) is 19.7 Å². The third-order valence-corrected chi connectivity index (χ3v) is 2.76. The summed E-state index contributed by atoms with van der Waals surface area (Å²) in [6.45, 7) is 6.93. The molecule has 0 amide bonds. The SMILES string of the molecule is COC(=O)CCCOc1cc(C)cc(C(C)C)c1. The highest BCUT2D eigenvalue weighted by molar-refractivity contribution is 5.69. The van der Waals surface area contributed by atoms with E-state index >= 15 is 0 Å². The molecular formula is C15H22O3. The van der Waals surface area contributed by atoms with E-state index in [0.717, 1.165) is 5.75 Å². The quantitative estimate of drug-likeness (QED) is 0.573. The topological polar surface area (TPSA) is 35.5 Å². The van der Waals surface area contributed by atoms with Gasteiger partial charge in [-0.3, -0.25) is 4.79 Å². The molecule has 100 valence electrons. The molecule has 0 saturated heterocycles. The van der Waals surface area contributed by atoms with Gasteiger partial charge in [-0.15, -0.1) is 0 Å². The van der Waals surface area contributed by atoms with Gasteiger partial charge in [0.2, 0.25) is 0 Å². The van der Waals surface area contributed by atoms with Crippen molar-refractivity contribution < 1.29 is 14.3 Å². The molecule has 0 bridgehead atoms. The lowest BCUT2D eigenvalue weighted by atomic mass is 10.0. The van der Waals surface area contributed by atoms with Gasteiger partial charge in [0.05, 0.1) is 13.7 Å². The number of ether oxygens (including phenoxy) is 2. The number of hydrogen-bond donors (Lipinski definition) is 0. The Morgan fingerprint density at radius 3 is 2.61 bits per heavy atom. The maximum atomic E-state index is 10.9. The number of methoxy groups -OCH3 is 1. The molecule has 18 heavy (non-hydrogen) atoms. The number of aryl methyl sites for hydroxylation is 1. The van der Waals surface area contributed by atoms with E-state index in [1.165, 1.54) is 18.2 Å². The Morgan fingerprint density at radius 1 is 1.28 bits per heavy atom. The van der Waals surface area contributed by atoms with Crippen molar-refractivity contribution in [2.75, 3.05) is 13.7 Å². The van der Waals surface area contributed by atoms with Crippen LogP contribution in [0.1, 0.15) is 43.7 Å². The van der Waals surface area contributed by atoms with Gasteiger partial charge in [-0.05, 0) is 42.5 Å². The van der Waals surface area contributed by atoms with Gasteiger partial charge in [0.15, 0.2) is 0 Å². The Hall–Kier alpha value is -1.51. The molecule has 3 nitrogen and oxygen atoms in total. The van der Waals surface area contributed by atoms with Gasteiger partial charge in [0.25, 0.3) is 0 Å². The van der Waals surface area contributed by atoms with Gasteiger partial charge in [0.1, 0.15) is 5.75 Å². The second-order valence-corrected chi connectivity index (χ2v) is 4.76. The van der Waals surface area contributed by atoms with E-state index in [-0.39, 0.29) is 5.97 Å². The lowest BCUT2D eigenvalue weighted by molar-refractivity contribution is -0.140. The maximum Gasteiger partial charge on any atom is 0.305 e. The Morgan fingerprint density at radius 2 is 2.00 bits per heavy atom. The van der Waals surface area contributed by atoms with E-state index in [9.17, 15) is 4.79 Å². The van der Waals surface area contributed by atoms with Crippen LogP contribution in [0.15, 0.2) is 18.2 Å². The molecule has 3 heteroatoms. The summed E-state index contributed by atoms with van der Waals surface area (Å²) in [6, 6.07) is 6.26. The molecule has 0 unspecified atom stereocenters. The molecule has 0 aromatic heterocycles. The van der Waals surface area contributed by atoms with Crippen LogP contribution in [-0.2, 0) is 9.53 Å².